The van der Waals surface area contributed by atoms with Crippen LogP contribution in [0.5, 0.6) is 0 Å². The Labute approximate surface area is 127 Å². The van der Waals surface area contributed by atoms with Gasteiger partial charge in [0.2, 0.25) is 0 Å². The van der Waals surface area contributed by atoms with Crippen LogP contribution in [0, 0.1) is 0 Å². The third-order valence-electron chi connectivity index (χ3n) is 4.34. The minimum Gasteiger partial charge on any atom is -0.352 e. The van der Waals surface area contributed by atoms with Crippen molar-refractivity contribution in [2.24, 2.45) is 0 Å². The highest BCUT2D eigenvalue weighted by Gasteiger charge is 2.22. The molecule has 108 valence electrons. The van der Waals surface area contributed by atoms with Crippen molar-refractivity contribution in [1.29, 1.82) is 0 Å². The molecule has 1 aliphatic rings. The second kappa shape index (κ2) is 6.04. The van der Waals surface area contributed by atoms with Crippen LogP contribution in [0.15, 0.2) is 73.1 Å². The van der Waals surface area contributed by atoms with Crippen molar-refractivity contribution in [2.45, 2.75) is 25.9 Å². The zero-order valence-corrected chi connectivity index (χ0v) is 12.7. The molecule has 2 aromatic rings. The average Bonchev–Trinajstić information content (AvgIpc) is 3.05. The molecular formula is C19H22N2. The summed E-state index contributed by atoms with van der Waals surface area (Å²) in [6.07, 6.45) is 4.41. The van der Waals surface area contributed by atoms with Crippen molar-refractivity contribution in [1.82, 2.24) is 9.80 Å². The lowest BCUT2D eigenvalue weighted by Gasteiger charge is -2.30. The van der Waals surface area contributed by atoms with E-state index < -0.39 is 0 Å². The van der Waals surface area contributed by atoms with Gasteiger partial charge in [-0.25, -0.2) is 0 Å². The molecule has 2 aromatic carbocycles. The molecule has 0 radical (unpaired) electrons. The number of benzene rings is 2. The summed E-state index contributed by atoms with van der Waals surface area (Å²) in [5.41, 5.74) is 2.72. The molecule has 0 N–H and O–H groups in total. The van der Waals surface area contributed by atoms with Gasteiger partial charge in [-0.05, 0) is 25.0 Å². The lowest BCUT2D eigenvalue weighted by molar-refractivity contribution is 0.191. The van der Waals surface area contributed by atoms with E-state index in [-0.39, 0.29) is 0 Å². The fraction of sp³-hybridized carbons (Fsp3) is 0.263. The highest BCUT2D eigenvalue weighted by molar-refractivity contribution is 5.21. The molecule has 3 rings (SSSR count). The molecule has 2 nitrogen and oxygen atoms in total. The Morgan fingerprint density at radius 2 is 1.05 bits per heavy atom. The minimum atomic E-state index is 0.399. The maximum atomic E-state index is 2.38. The number of nitrogens with zero attached hydrogens (tertiary/aromatic N) is 2. The fourth-order valence-corrected chi connectivity index (χ4v) is 2.80. The summed E-state index contributed by atoms with van der Waals surface area (Å²) in [4.78, 5) is 4.77. The first kappa shape index (κ1) is 13.7. The Hall–Kier alpha value is -2.22. The van der Waals surface area contributed by atoms with E-state index in [1.54, 1.807) is 0 Å². The molecule has 21 heavy (non-hydrogen) atoms. The molecule has 0 bridgehead atoms. The average molecular weight is 278 g/mol. The molecule has 0 saturated heterocycles. The number of rotatable bonds is 4. The van der Waals surface area contributed by atoms with Gasteiger partial charge in [0.1, 0.15) is 0 Å². The lowest BCUT2D eigenvalue weighted by atomic mass is 10.1. The monoisotopic (exact) mass is 278 g/mol. The van der Waals surface area contributed by atoms with Gasteiger partial charge in [0.05, 0.1) is 18.8 Å². The second-order valence-corrected chi connectivity index (χ2v) is 5.64. The topological polar surface area (TPSA) is 6.48 Å². The highest BCUT2D eigenvalue weighted by atomic mass is 15.4. The van der Waals surface area contributed by atoms with E-state index in [1.165, 1.54) is 11.1 Å². The fourth-order valence-electron chi connectivity index (χ4n) is 2.80. The summed E-state index contributed by atoms with van der Waals surface area (Å²) in [6, 6.07) is 22.1. The van der Waals surface area contributed by atoms with Crippen LogP contribution in [0.2, 0.25) is 0 Å². The Kier molecular flexibility index (Phi) is 3.96. The number of hydrogen-bond donors (Lipinski definition) is 0. The van der Waals surface area contributed by atoms with Gasteiger partial charge in [-0.15, -0.1) is 0 Å². The SMILES string of the molecule is C[C@H](c1ccccc1)N1C=CN([C@@H](C)c2ccccc2)C1. The molecule has 0 spiro atoms. The van der Waals surface area contributed by atoms with Crippen LogP contribution in [0.3, 0.4) is 0 Å². The summed E-state index contributed by atoms with van der Waals surface area (Å²) in [7, 11) is 0. The number of hydrogen-bond acceptors (Lipinski definition) is 2. The molecule has 0 aliphatic carbocycles. The second-order valence-electron chi connectivity index (χ2n) is 5.64. The zero-order valence-electron chi connectivity index (χ0n) is 12.7. The maximum Gasteiger partial charge on any atom is 0.0905 e. The molecule has 0 aromatic heterocycles. The van der Waals surface area contributed by atoms with E-state index in [9.17, 15) is 0 Å². The summed E-state index contributed by atoms with van der Waals surface area (Å²) in [5, 5.41) is 0. The van der Waals surface area contributed by atoms with Crippen LogP contribution in [-0.4, -0.2) is 16.5 Å². The predicted octanol–water partition coefficient (Wildman–Crippen LogP) is 4.56. The molecule has 0 unspecified atom stereocenters. The van der Waals surface area contributed by atoms with Gasteiger partial charge in [-0.1, -0.05) is 60.7 Å². The van der Waals surface area contributed by atoms with Crippen molar-refractivity contribution in [3.63, 3.8) is 0 Å². The maximum absolute atomic E-state index is 2.38. The third kappa shape index (κ3) is 2.94. The van der Waals surface area contributed by atoms with Gasteiger partial charge in [0.25, 0.3) is 0 Å². The van der Waals surface area contributed by atoms with Crippen molar-refractivity contribution < 1.29 is 0 Å². The Balaban J connectivity index is 1.68. The highest BCUT2D eigenvalue weighted by Crippen LogP contribution is 2.28. The predicted molar refractivity (Wildman–Crippen MR) is 87.4 cm³/mol. The summed E-state index contributed by atoms with van der Waals surface area (Å²) < 4.78 is 0. The zero-order chi connectivity index (χ0) is 14.7. The Bertz CT molecular complexity index is 538. The van der Waals surface area contributed by atoms with E-state index in [0.29, 0.717) is 12.1 Å². The van der Waals surface area contributed by atoms with E-state index >= 15 is 0 Å². The molecule has 0 fully saturated rings. The van der Waals surface area contributed by atoms with Crippen LogP contribution in [0.4, 0.5) is 0 Å². The normalized spacial score (nSPS) is 17.0. The molecular weight excluding hydrogens is 256 g/mol. The van der Waals surface area contributed by atoms with E-state index in [4.69, 9.17) is 0 Å². The van der Waals surface area contributed by atoms with Crippen LogP contribution in [0.25, 0.3) is 0 Å². The molecule has 2 heteroatoms. The van der Waals surface area contributed by atoms with Gasteiger partial charge >= 0.3 is 0 Å². The summed E-state index contributed by atoms with van der Waals surface area (Å²) >= 11 is 0. The largest absolute Gasteiger partial charge is 0.352 e. The van der Waals surface area contributed by atoms with Gasteiger partial charge in [-0.2, -0.15) is 0 Å². The van der Waals surface area contributed by atoms with Crippen molar-refractivity contribution in [2.75, 3.05) is 6.67 Å². The summed E-state index contributed by atoms with van der Waals surface area (Å²) in [5.74, 6) is 0. The summed E-state index contributed by atoms with van der Waals surface area (Å²) in [6.45, 7) is 5.46. The first-order chi connectivity index (χ1) is 10.3. The van der Waals surface area contributed by atoms with E-state index in [0.717, 1.165) is 6.67 Å². The molecule has 1 heterocycles. The Morgan fingerprint density at radius 3 is 1.43 bits per heavy atom. The molecule has 1 aliphatic heterocycles. The molecule has 0 amide bonds. The first-order valence-electron chi connectivity index (χ1n) is 7.55. The van der Waals surface area contributed by atoms with Crippen LogP contribution >= 0.6 is 0 Å². The molecule has 0 saturated carbocycles. The van der Waals surface area contributed by atoms with Crippen molar-refractivity contribution in [3.05, 3.63) is 84.2 Å². The van der Waals surface area contributed by atoms with Crippen molar-refractivity contribution >= 4 is 0 Å². The Morgan fingerprint density at radius 1 is 0.667 bits per heavy atom. The van der Waals surface area contributed by atoms with Gasteiger partial charge in [0, 0.05) is 12.4 Å². The van der Waals surface area contributed by atoms with Crippen LogP contribution in [-0.2, 0) is 0 Å². The van der Waals surface area contributed by atoms with E-state index in [1.807, 2.05) is 0 Å². The minimum absolute atomic E-state index is 0.399. The van der Waals surface area contributed by atoms with Crippen LogP contribution in [0.1, 0.15) is 37.1 Å². The van der Waals surface area contributed by atoms with Gasteiger partial charge in [0.15, 0.2) is 0 Å². The van der Waals surface area contributed by atoms with Crippen molar-refractivity contribution in [3.8, 4) is 0 Å². The lowest BCUT2D eigenvalue weighted by Crippen LogP contribution is -2.29. The van der Waals surface area contributed by atoms with Gasteiger partial charge in [-0.3, -0.25) is 0 Å². The van der Waals surface area contributed by atoms with E-state index in [2.05, 4.69) is 96.7 Å². The molecule has 2 atom stereocenters. The smallest absolute Gasteiger partial charge is 0.0905 e. The first-order valence-corrected chi connectivity index (χ1v) is 7.55. The van der Waals surface area contributed by atoms with Crippen LogP contribution < -0.4 is 0 Å². The van der Waals surface area contributed by atoms with Gasteiger partial charge < -0.3 is 9.80 Å². The third-order valence-corrected chi connectivity index (χ3v) is 4.34. The quantitative estimate of drug-likeness (QED) is 0.809. The standard InChI is InChI=1S/C19H22N2/c1-16(18-9-5-3-6-10-18)20-13-14-21(15-20)17(2)19-11-7-4-8-12-19/h3-14,16-17H,15H2,1-2H3/t16-,17+.